The maximum atomic E-state index is 13.7. The van der Waals surface area contributed by atoms with Crippen LogP contribution in [0.4, 0.5) is 0 Å². The van der Waals surface area contributed by atoms with Gasteiger partial charge in [0, 0.05) is 55.1 Å². The first-order valence-electron chi connectivity index (χ1n) is 53.6. The van der Waals surface area contributed by atoms with E-state index in [1.165, 1.54) is 319 Å². The minimum Gasteiger partial charge on any atom is -0.480 e. The van der Waals surface area contributed by atoms with E-state index < -0.39 is 116 Å². The molecule has 13 N–H and O–H groups in total. The molecule has 8 atom stereocenters. The van der Waals surface area contributed by atoms with Gasteiger partial charge < -0.3 is 81.9 Å². The second-order valence-corrected chi connectivity index (χ2v) is 39.2. The first-order chi connectivity index (χ1) is 64.6. The summed E-state index contributed by atoms with van der Waals surface area (Å²) in [5, 5.41) is 68.2. The molecule has 133 heavy (non-hydrogen) atoms. The van der Waals surface area contributed by atoms with Crippen molar-refractivity contribution in [2.75, 3.05) is 62.7 Å². The third-order valence-corrected chi connectivity index (χ3v) is 26.7. The van der Waals surface area contributed by atoms with Crippen LogP contribution in [0, 0.1) is 0 Å². The molecule has 0 rings (SSSR count). The number of amides is 5. The highest BCUT2D eigenvalue weighted by Gasteiger charge is 2.32. The summed E-state index contributed by atoms with van der Waals surface area (Å²) in [5.41, 5.74) is 6.03. The lowest BCUT2D eigenvalue weighted by Gasteiger charge is -2.24. The molecule has 0 spiro atoms. The minimum absolute atomic E-state index is 0.00977. The highest BCUT2D eigenvalue weighted by molar-refractivity contribution is 7.99. The molecule has 5 amide bonds. The van der Waals surface area contributed by atoms with Crippen molar-refractivity contribution in [3.05, 3.63) is 0 Å². The lowest BCUT2D eigenvalue weighted by Crippen LogP contribution is -2.58. The first-order valence-corrected chi connectivity index (χ1v) is 55.9. The van der Waals surface area contributed by atoms with E-state index in [2.05, 4.69) is 55.9 Å². The van der Waals surface area contributed by atoms with Crippen LogP contribution in [0.25, 0.3) is 0 Å². The molecule has 8 unspecified atom stereocenters. The van der Waals surface area contributed by atoms with Crippen LogP contribution in [0.5, 0.6) is 0 Å². The summed E-state index contributed by atoms with van der Waals surface area (Å²) in [6, 6.07) is -8.60. The molecule has 0 radical (unpaired) electrons. The summed E-state index contributed by atoms with van der Waals surface area (Å²) in [6.07, 6.45) is 77.0. The number of unbranched alkanes of at least 4 members (excludes halogenated alkanes) is 60. The van der Waals surface area contributed by atoms with Crippen LogP contribution in [0.1, 0.15) is 484 Å². The molecule has 29 heteroatoms. The molecular formula is C104H196N6O21S2. The Morgan fingerprint density at radius 3 is 0.684 bits per heavy atom. The molecular weight excluding hydrogens is 1730 g/mol. The molecule has 27 nitrogen and oxygen atoms in total. The molecule has 0 bridgehead atoms. The van der Waals surface area contributed by atoms with Gasteiger partial charge >= 0.3 is 35.8 Å². The number of carboxylic acids is 2. The van der Waals surface area contributed by atoms with E-state index in [0.717, 1.165) is 96.3 Å². The van der Waals surface area contributed by atoms with E-state index in [4.69, 9.17) is 34.9 Å². The number of rotatable bonds is 99. The van der Waals surface area contributed by atoms with Crippen LogP contribution in [-0.4, -0.2) is 207 Å². The van der Waals surface area contributed by atoms with Crippen LogP contribution < -0.4 is 32.3 Å². The smallest absolute Gasteiger partial charge is 0.328 e. The molecule has 0 aromatic rings. The topological polar surface area (TPSA) is 432 Å². The largest absolute Gasteiger partial charge is 0.480 e. The molecule has 780 valence electrons. The van der Waals surface area contributed by atoms with E-state index in [-0.39, 0.29) is 85.7 Å². The number of aliphatic carboxylic acids is 2. The van der Waals surface area contributed by atoms with Gasteiger partial charge in [0.05, 0.1) is 32.5 Å². The Morgan fingerprint density at radius 2 is 0.444 bits per heavy atom. The number of aliphatic hydroxyl groups excluding tert-OH is 4. The summed E-state index contributed by atoms with van der Waals surface area (Å²) >= 11 is 2.42. The summed E-state index contributed by atoms with van der Waals surface area (Å²) in [4.78, 5) is 139. The molecule has 0 saturated heterocycles. The number of ether oxygens (including phenoxy) is 4. The van der Waals surface area contributed by atoms with Gasteiger partial charge in [0.25, 0.3) is 0 Å². The molecule has 0 aliphatic heterocycles. The fraction of sp³-hybridized carbons (Fsp3) is 0.894. The number of thioether (sulfide) groups is 2. The molecule has 0 fully saturated rings. The van der Waals surface area contributed by atoms with Crippen LogP contribution in [0.15, 0.2) is 0 Å². The van der Waals surface area contributed by atoms with Crippen molar-refractivity contribution < 1.29 is 102 Å². The van der Waals surface area contributed by atoms with Crippen LogP contribution >= 0.6 is 23.5 Å². The van der Waals surface area contributed by atoms with E-state index >= 15 is 0 Å². The van der Waals surface area contributed by atoms with Crippen molar-refractivity contribution in [2.45, 2.75) is 533 Å². The molecule has 0 saturated carbocycles. The van der Waals surface area contributed by atoms with Gasteiger partial charge in [0.15, 0.2) is 0 Å². The molecule has 0 aromatic heterocycles. The lowest BCUT2D eigenvalue weighted by molar-refractivity contribution is -0.157. The fourth-order valence-electron chi connectivity index (χ4n) is 15.7. The number of esters is 4. The Balaban J connectivity index is 0. The second-order valence-electron chi connectivity index (χ2n) is 37.0. The zero-order valence-electron chi connectivity index (χ0n) is 84.4. The summed E-state index contributed by atoms with van der Waals surface area (Å²) in [7, 11) is 0. The predicted molar refractivity (Wildman–Crippen MR) is 539 cm³/mol. The number of aliphatic hydroxyl groups is 4. The Morgan fingerprint density at radius 1 is 0.241 bits per heavy atom. The predicted octanol–water partition coefficient (Wildman–Crippen LogP) is 20.6. The number of carboxylic acid groups (broad SMARTS) is 2. The van der Waals surface area contributed by atoms with Gasteiger partial charge in [0.1, 0.15) is 55.6 Å². The zero-order chi connectivity index (χ0) is 98.3. The maximum absolute atomic E-state index is 13.7. The third-order valence-electron chi connectivity index (χ3n) is 24.3. The van der Waals surface area contributed by atoms with E-state index in [0.29, 0.717) is 32.1 Å². The average molecular weight is 1930 g/mol. The lowest BCUT2D eigenvalue weighted by atomic mass is 10.0. The average Bonchev–Trinajstić information content (AvgIpc) is 0.877. The van der Waals surface area contributed by atoms with Gasteiger partial charge in [-0.25, -0.2) is 9.59 Å². The summed E-state index contributed by atoms with van der Waals surface area (Å²) in [5.74, 6) is -7.97. The van der Waals surface area contributed by atoms with E-state index in [9.17, 15) is 73.2 Å². The number of carbonyl (C=O) groups is 11. The number of nitrogens with one attached hydrogen (secondary N) is 5. The Bertz CT molecular complexity index is 2800. The first kappa shape index (κ1) is 130. The molecule has 0 heterocycles. The van der Waals surface area contributed by atoms with Crippen molar-refractivity contribution in [3.63, 3.8) is 0 Å². The zero-order valence-corrected chi connectivity index (χ0v) is 86.0. The van der Waals surface area contributed by atoms with Crippen LogP contribution in [-0.2, 0) is 71.7 Å². The van der Waals surface area contributed by atoms with Crippen molar-refractivity contribution in [2.24, 2.45) is 5.73 Å². The molecule has 0 aliphatic carbocycles. The highest BCUT2D eigenvalue weighted by atomic mass is 32.2. The SMILES string of the molecule is CCCCCCCCCCCCCCCC(=O)NC(CSCC(COC(=O)CCCCCCCCCCCCCCC)OC(=O)CCCCCCCCCCCCCCC)C(=O)NC(CO)C(=O)NC(CO)C(=O)O.CCCCCCCCCCCCCCCC(=O)OCC(CSCC(N)C(=O)NC(CO)C(=O)NC(CO)C(=O)O)OC(=O)CCCCCCCCCCCCCCC. The fourth-order valence-corrected chi connectivity index (χ4v) is 17.7. The number of hydrogen-bond donors (Lipinski definition) is 12. The number of hydrogen-bond acceptors (Lipinski definition) is 22. The number of nitrogens with two attached hydrogens (primary N) is 1. The van der Waals surface area contributed by atoms with Gasteiger partial charge in [-0.05, 0) is 32.1 Å². The van der Waals surface area contributed by atoms with Crippen LogP contribution in [0.3, 0.4) is 0 Å². The second kappa shape index (κ2) is 98.3. The Kier molecular flexibility index (Phi) is 95.9. The summed E-state index contributed by atoms with van der Waals surface area (Å²) in [6.45, 7) is 7.45. The van der Waals surface area contributed by atoms with Gasteiger partial charge in [-0.2, -0.15) is 23.5 Å². The van der Waals surface area contributed by atoms with Gasteiger partial charge in [-0.3, -0.25) is 43.2 Å². The molecule has 0 aromatic carbocycles. The van der Waals surface area contributed by atoms with Gasteiger partial charge in [-0.1, -0.05) is 420 Å². The van der Waals surface area contributed by atoms with Crippen molar-refractivity contribution in [1.29, 1.82) is 0 Å². The van der Waals surface area contributed by atoms with Crippen molar-refractivity contribution in [3.8, 4) is 0 Å². The van der Waals surface area contributed by atoms with Crippen molar-refractivity contribution >= 4 is 88.9 Å². The standard InChI is InChI=1S/C60H113N3O11S.C44H83N3O10S/c1-4-7-10-13-16-19-22-25-28-31-34-37-40-43-55(66)61-54(59(70)62-52(46-64)58(69)63-53(47-65)60(71)72)50-75-49-51(74-57(68)45-42-39-36-33-30-27-24-21-18-15-12-9-6-3)48-73-56(67)44-41-38-35-32-29-26-23-20-17-14-11-8-5-2;1-3-5-7-9-11-13-15-17-19-21-23-25-27-29-40(50)56-33-36(57-41(51)30-28-26-24-22-20-18-16-14-12-10-8-6-4-2)34-58-35-37(45)42(52)46-38(31-48)43(53)47-39(32-49)44(54)55/h51-54,64-65H,4-50H2,1-3H3,(H,61,66)(H,62,70)(H,63,69)(H,71,72);36-39,48-49H,3-35,45H2,1-2H3,(H,46,52)(H,47,53)(H,54,55). The molecule has 0 aliphatic rings. The van der Waals surface area contributed by atoms with Crippen LogP contribution in [0.2, 0.25) is 0 Å². The number of carbonyl (C=O) groups excluding carboxylic acids is 9. The minimum atomic E-state index is -1.65. The quantitative estimate of drug-likeness (QED) is 0.0153. The highest BCUT2D eigenvalue weighted by Crippen LogP contribution is 2.22. The summed E-state index contributed by atoms with van der Waals surface area (Å²) < 4.78 is 22.8. The normalized spacial score (nSPS) is 13.1. The third kappa shape index (κ3) is 85.6. The van der Waals surface area contributed by atoms with Gasteiger partial charge in [0.2, 0.25) is 29.5 Å². The monoisotopic (exact) mass is 1930 g/mol. The van der Waals surface area contributed by atoms with E-state index in [1.54, 1.807) is 0 Å². The Hall–Kier alpha value is -5.33. The van der Waals surface area contributed by atoms with E-state index in [1.807, 2.05) is 5.32 Å². The Labute approximate surface area is 814 Å². The maximum Gasteiger partial charge on any atom is 0.328 e. The van der Waals surface area contributed by atoms with Gasteiger partial charge in [-0.15, -0.1) is 0 Å². The van der Waals surface area contributed by atoms with Crippen molar-refractivity contribution in [1.82, 2.24) is 26.6 Å².